The van der Waals surface area contributed by atoms with Crippen LogP contribution < -0.4 is 4.84 Å². The third-order valence-electron chi connectivity index (χ3n) is 3.84. The third-order valence-corrected chi connectivity index (χ3v) is 3.84. The number of hydrogen-bond donors (Lipinski definition) is 0. The summed E-state index contributed by atoms with van der Waals surface area (Å²) >= 11 is 0. The van der Waals surface area contributed by atoms with Gasteiger partial charge in [-0.1, -0.05) is 11.7 Å². The highest BCUT2D eigenvalue weighted by molar-refractivity contribution is 6.00. The second-order valence-electron chi connectivity index (χ2n) is 5.57. The van der Waals surface area contributed by atoms with Gasteiger partial charge in [-0.05, 0) is 30.3 Å². The van der Waals surface area contributed by atoms with E-state index in [2.05, 4.69) is 16.7 Å². The lowest BCUT2D eigenvalue weighted by Crippen LogP contribution is -2.52. The highest BCUT2D eigenvalue weighted by atomic mass is 19.4. The zero-order valence-electron chi connectivity index (χ0n) is 13.4. The molecule has 0 radical (unpaired) electrons. The Hall–Kier alpha value is -3.10. The molecule has 6 nitrogen and oxygen atoms in total. The van der Waals surface area contributed by atoms with Crippen LogP contribution in [0.15, 0.2) is 59.0 Å². The fraction of sp³-hybridized carbons (Fsp3) is 0.235. The molecule has 0 unspecified atom stereocenters. The fourth-order valence-electron chi connectivity index (χ4n) is 2.41. The van der Waals surface area contributed by atoms with Crippen molar-refractivity contribution >= 4 is 11.6 Å². The van der Waals surface area contributed by atoms with Gasteiger partial charge in [-0.15, -0.1) is 0 Å². The molecule has 3 rings (SSSR count). The van der Waals surface area contributed by atoms with Gasteiger partial charge in [0.1, 0.15) is 12.0 Å². The predicted molar refractivity (Wildman–Crippen MR) is 85.4 cm³/mol. The Balaban J connectivity index is 1.74. The molecule has 0 N–H and O–H groups in total. The van der Waals surface area contributed by atoms with Crippen molar-refractivity contribution in [2.75, 3.05) is 13.1 Å². The van der Waals surface area contributed by atoms with Gasteiger partial charge in [0, 0.05) is 19.0 Å². The number of aromatic nitrogens is 1. The van der Waals surface area contributed by atoms with E-state index in [1.54, 1.807) is 4.90 Å². The van der Waals surface area contributed by atoms with Crippen LogP contribution in [0.4, 0.5) is 13.2 Å². The van der Waals surface area contributed by atoms with Gasteiger partial charge in [0.05, 0.1) is 11.8 Å². The number of likely N-dealkylation sites (tertiary alicyclic amines) is 1. The maximum absolute atomic E-state index is 12.6. The highest BCUT2D eigenvalue weighted by Crippen LogP contribution is 2.30. The van der Waals surface area contributed by atoms with Crippen LogP contribution in [0, 0.1) is 5.92 Å². The molecule has 9 heteroatoms. The summed E-state index contributed by atoms with van der Waals surface area (Å²) in [5, 5.41) is 3.99. The summed E-state index contributed by atoms with van der Waals surface area (Å²) in [5.41, 5.74) is -0.401. The molecule has 1 aliphatic rings. The van der Waals surface area contributed by atoms with Crippen LogP contribution in [0.3, 0.4) is 0 Å². The Labute approximate surface area is 146 Å². The van der Waals surface area contributed by atoms with Gasteiger partial charge in [-0.25, -0.2) is 4.98 Å². The zero-order valence-corrected chi connectivity index (χ0v) is 13.4. The Morgan fingerprint density at radius 2 is 2.04 bits per heavy atom. The van der Waals surface area contributed by atoms with Gasteiger partial charge < -0.3 is 14.2 Å². The van der Waals surface area contributed by atoms with Crippen molar-refractivity contribution in [3.63, 3.8) is 0 Å². The molecule has 2 heterocycles. The predicted octanol–water partition coefficient (Wildman–Crippen LogP) is 3.12. The third kappa shape index (κ3) is 3.76. The molecule has 1 fully saturated rings. The largest absolute Gasteiger partial charge is 0.443 e. The lowest BCUT2D eigenvalue weighted by Gasteiger charge is -2.38. The molecule has 0 bridgehead atoms. The van der Waals surface area contributed by atoms with E-state index >= 15 is 0 Å². The maximum Gasteiger partial charge on any atom is 0.416 e. The van der Waals surface area contributed by atoms with Crippen LogP contribution >= 0.6 is 0 Å². The van der Waals surface area contributed by atoms with Crippen LogP contribution in [-0.4, -0.2) is 34.6 Å². The first kappa shape index (κ1) is 17.7. The van der Waals surface area contributed by atoms with E-state index < -0.39 is 11.7 Å². The number of carbonyl (C=O) groups is 1. The number of alkyl halides is 3. The first-order valence-electron chi connectivity index (χ1n) is 7.62. The summed E-state index contributed by atoms with van der Waals surface area (Å²) in [5.74, 6) is 0.0108. The minimum absolute atomic E-state index is 0.139. The molecule has 136 valence electrons. The average molecular weight is 365 g/mol. The Bertz CT molecular complexity index is 808. The topological polar surface area (TPSA) is 67.9 Å². The van der Waals surface area contributed by atoms with Gasteiger partial charge in [0.15, 0.2) is 5.75 Å². The molecule has 1 saturated heterocycles. The Morgan fingerprint density at radius 3 is 2.58 bits per heavy atom. The van der Waals surface area contributed by atoms with Gasteiger partial charge in [0.25, 0.3) is 0 Å². The molecule has 0 atom stereocenters. The molecule has 1 aromatic carbocycles. The van der Waals surface area contributed by atoms with Crippen molar-refractivity contribution < 1.29 is 27.2 Å². The first-order valence-corrected chi connectivity index (χ1v) is 7.62. The molecule has 0 spiro atoms. The maximum atomic E-state index is 12.6. The van der Waals surface area contributed by atoms with Crippen molar-refractivity contribution in [3.05, 3.63) is 60.8 Å². The van der Waals surface area contributed by atoms with Gasteiger partial charge >= 0.3 is 6.18 Å². The lowest BCUT2D eigenvalue weighted by molar-refractivity contribution is -0.137. The molecule has 1 aliphatic heterocycles. The van der Waals surface area contributed by atoms with Crippen LogP contribution in [0.5, 0.6) is 5.75 Å². The number of benzene rings is 1. The summed E-state index contributed by atoms with van der Waals surface area (Å²) in [7, 11) is 0. The smallest absolute Gasteiger partial charge is 0.416 e. The molecule has 0 aliphatic carbocycles. The summed E-state index contributed by atoms with van der Waals surface area (Å²) in [6, 6.07) is 4.16. The molecule has 1 aromatic heterocycles. The van der Waals surface area contributed by atoms with Crippen LogP contribution in [-0.2, 0) is 11.0 Å². The van der Waals surface area contributed by atoms with Crippen molar-refractivity contribution in [1.29, 1.82) is 0 Å². The van der Waals surface area contributed by atoms with E-state index in [1.165, 1.54) is 30.7 Å². The molecular formula is C17H14F3N3O3. The summed E-state index contributed by atoms with van der Waals surface area (Å²) in [4.78, 5) is 22.4. The number of amides is 1. The van der Waals surface area contributed by atoms with E-state index in [4.69, 9.17) is 9.25 Å². The number of oxime groups is 1. The summed E-state index contributed by atoms with van der Waals surface area (Å²) < 4.78 is 43.0. The zero-order chi connectivity index (χ0) is 18.7. The van der Waals surface area contributed by atoms with Crippen LogP contribution in [0.1, 0.15) is 11.5 Å². The lowest BCUT2D eigenvalue weighted by atomic mass is 9.94. The van der Waals surface area contributed by atoms with E-state index in [-0.39, 0.29) is 23.5 Å². The van der Waals surface area contributed by atoms with Crippen molar-refractivity contribution in [1.82, 2.24) is 9.88 Å². The second-order valence-corrected chi connectivity index (χ2v) is 5.57. The minimum atomic E-state index is -4.42. The number of carbonyl (C=O) groups excluding carboxylic acids is 1. The standard InChI is InChI=1S/C17H14F3N3O3/c1-2-14(24)23-9-11(10-23)15(16-21-7-8-25-16)22-26-13-5-3-12(4-6-13)17(18,19)20/h2-8,11H,1,9-10H2. The number of halogens is 3. The van der Waals surface area contributed by atoms with Crippen LogP contribution in [0.2, 0.25) is 0 Å². The van der Waals surface area contributed by atoms with Crippen LogP contribution in [0.25, 0.3) is 0 Å². The van der Waals surface area contributed by atoms with Gasteiger partial charge in [-0.2, -0.15) is 13.2 Å². The summed E-state index contributed by atoms with van der Waals surface area (Å²) in [6.07, 6.45) is -0.391. The van der Waals surface area contributed by atoms with Gasteiger partial charge in [0.2, 0.25) is 11.8 Å². The molecule has 2 aromatic rings. The molecule has 26 heavy (non-hydrogen) atoms. The molecule has 0 saturated carbocycles. The van der Waals surface area contributed by atoms with Crippen molar-refractivity contribution in [2.45, 2.75) is 6.18 Å². The minimum Gasteiger partial charge on any atom is -0.443 e. The van der Waals surface area contributed by atoms with Gasteiger partial charge in [-0.3, -0.25) is 4.79 Å². The summed E-state index contributed by atoms with van der Waals surface area (Å²) in [6.45, 7) is 4.21. The Kier molecular flexibility index (Phi) is 4.79. The Morgan fingerprint density at radius 1 is 1.35 bits per heavy atom. The van der Waals surface area contributed by atoms with E-state index in [0.29, 0.717) is 18.8 Å². The highest BCUT2D eigenvalue weighted by Gasteiger charge is 2.36. The monoisotopic (exact) mass is 365 g/mol. The quantitative estimate of drug-likeness (QED) is 0.464. The first-order chi connectivity index (χ1) is 12.4. The normalized spacial score (nSPS) is 15.5. The molecular weight excluding hydrogens is 351 g/mol. The molecule has 1 amide bonds. The number of oxazole rings is 1. The average Bonchev–Trinajstić information content (AvgIpc) is 3.10. The van der Waals surface area contributed by atoms with E-state index in [9.17, 15) is 18.0 Å². The van der Waals surface area contributed by atoms with Crippen molar-refractivity contribution in [2.24, 2.45) is 11.1 Å². The number of hydrogen-bond acceptors (Lipinski definition) is 5. The van der Waals surface area contributed by atoms with E-state index in [1.807, 2.05) is 0 Å². The SMILES string of the molecule is C=CC(=O)N1CC(C(=NOc2ccc(C(F)(F)F)cc2)c2ncco2)C1. The second kappa shape index (κ2) is 7.03. The van der Waals surface area contributed by atoms with Crippen molar-refractivity contribution in [3.8, 4) is 5.75 Å². The fourth-order valence-corrected chi connectivity index (χ4v) is 2.41. The van der Waals surface area contributed by atoms with E-state index in [0.717, 1.165) is 12.1 Å². The number of nitrogens with zero attached hydrogens (tertiary/aromatic N) is 3. The number of rotatable bonds is 5.